The first-order valence-electron chi connectivity index (χ1n) is 5.75. The Morgan fingerprint density at radius 2 is 2.17 bits per heavy atom. The van der Waals surface area contributed by atoms with Crippen molar-refractivity contribution in [1.29, 1.82) is 0 Å². The maximum Gasteiger partial charge on any atom is 0.248 e. The summed E-state index contributed by atoms with van der Waals surface area (Å²) in [6, 6.07) is 7.31. The topological polar surface area (TPSA) is 64.6 Å². The SMILES string of the molecule is CC(=O)Cc1ccc(OCC2NC(=O)CO2)cc1. The zero-order valence-corrected chi connectivity index (χ0v) is 10.1. The van der Waals surface area contributed by atoms with Crippen LogP contribution in [-0.2, 0) is 20.7 Å². The molecule has 1 fully saturated rings. The van der Waals surface area contributed by atoms with Crippen LogP contribution in [0.15, 0.2) is 24.3 Å². The Balaban J connectivity index is 1.82. The monoisotopic (exact) mass is 249 g/mol. The molecule has 0 saturated carbocycles. The molecule has 1 aliphatic heterocycles. The molecule has 0 bridgehead atoms. The average molecular weight is 249 g/mol. The second-order valence-electron chi connectivity index (χ2n) is 4.20. The van der Waals surface area contributed by atoms with Gasteiger partial charge in [-0.05, 0) is 24.6 Å². The number of amides is 1. The molecular formula is C13H15NO4. The van der Waals surface area contributed by atoms with Crippen molar-refractivity contribution < 1.29 is 19.1 Å². The zero-order chi connectivity index (χ0) is 13.0. The summed E-state index contributed by atoms with van der Waals surface area (Å²) in [7, 11) is 0. The molecule has 96 valence electrons. The van der Waals surface area contributed by atoms with Gasteiger partial charge in [-0.15, -0.1) is 0 Å². The Morgan fingerprint density at radius 3 is 2.72 bits per heavy atom. The van der Waals surface area contributed by atoms with E-state index >= 15 is 0 Å². The normalized spacial score (nSPS) is 18.5. The molecule has 1 aromatic rings. The van der Waals surface area contributed by atoms with E-state index in [1.807, 2.05) is 12.1 Å². The molecule has 5 heteroatoms. The van der Waals surface area contributed by atoms with Gasteiger partial charge >= 0.3 is 0 Å². The van der Waals surface area contributed by atoms with Crippen LogP contribution in [0, 0.1) is 0 Å². The summed E-state index contributed by atoms with van der Waals surface area (Å²) >= 11 is 0. The van der Waals surface area contributed by atoms with Crippen LogP contribution in [0.4, 0.5) is 0 Å². The second-order valence-corrected chi connectivity index (χ2v) is 4.20. The van der Waals surface area contributed by atoms with E-state index in [1.54, 1.807) is 19.1 Å². The highest BCUT2D eigenvalue weighted by Crippen LogP contribution is 2.13. The Morgan fingerprint density at radius 1 is 1.44 bits per heavy atom. The molecule has 18 heavy (non-hydrogen) atoms. The number of ketones is 1. The number of benzene rings is 1. The fourth-order valence-electron chi connectivity index (χ4n) is 1.69. The van der Waals surface area contributed by atoms with Crippen molar-refractivity contribution in [3.63, 3.8) is 0 Å². The third-order valence-corrected chi connectivity index (χ3v) is 2.52. The molecule has 1 N–H and O–H groups in total. The smallest absolute Gasteiger partial charge is 0.248 e. The zero-order valence-electron chi connectivity index (χ0n) is 10.1. The molecule has 1 heterocycles. The first-order chi connectivity index (χ1) is 8.63. The van der Waals surface area contributed by atoms with Gasteiger partial charge < -0.3 is 14.8 Å². The lowest BCUT2D eigenvalue weighted by Gasteiger charge is -2.11. The molecule has 1 saturated heterocycles. The molecular weight excluding hydrogens is 234 g/mol. The Labute approximate surface area is 105 Å². The minimum atomic E-state index is -0.380. The minimum Gasteiger partial charge on any atom is -0.489 e. The lowest BCUT2D eigenvalue weighted by atomic mass is 10.1. The van der Waals surface area contributed by atoms with Gasteiger partial charge in [0.25, 0.3) is 0 Å². The van der Waals surface area contributed by atoms with E-state index in [1.165, 1.54) is 0 Å². The van der Waals surface area contributed by atoms with Gasteiger partial charge in [0.05, 0.1) is 0 Å². The van der Waals surface area contributed by atoms with E-state index in [2.05, 4.69) is 5.32 Å². The number of ether oxygens (including phenoxy) is 2. The second kappa shape index (κ2) is 5.64. The van der Waals surface area contributed by atoms with Crippen LogP contribution in [0.1, 0.15) is 12.5 Å². The first-order valence-corrected chi connectivity index (χ1v) is 5.75. The fraction of sp³-hybridized carbons (Fsp3) is 0.385. The number of carbonyl (C=O) groups excluding carboxylic acids is 2. The molecule has 1 unspecified atom stereocenters. The van der Waals surface area contributed by atoms with Crippen molar-refractivity contribution in [1.82, 2.24) is 5.32 Å². The average Bonchev–Trinajstić information content (AvgIpc) is 2.74. The predicted molar refractivity (Wildman–Crippen MR) is 64.2 cm³/mol. The van der Waals surface area contributed by atoms with E-state index in [0.29, 0.717) is 12.2 Å². The van der Waals surface area contributed by atoms with Gasteiger partial charge in [-0.2, -0.15) is 0 Å². The molecule has 1 aliphatic rings. The Kier molecular flexibility index (Phi) is 3.94. The van der Waals surface area contributed by atoms with Gasteiger partial charge in [0.15, 0.2) is 6.23 Å². The van der Waals surface area contributed by atoms with E-state index in [9.17, 15) is 9.59 Å². The van der Waals surface area contributed by atoms with Gasteiger partial charge in [-0.25, -0.2) is 0 Å². The molecule has 0 spiro atoms. The Hall–Kier alpha value is -1.88. The van der Waals surface area contributed by atoms with Gasteiger partial charge in [0.2, 0.25) is 5.91 Å². The highest BCUT2D eigenvalue weighted by atomic mass is 16.6. The third kappa shape index (κ3) is 3.56. The predicted octanol–water partition coefficient (Wildman–Crippen LogP) is 0.669. The standard InChI is InChI=1S/C13H15NO4/c1-9(15)6-10-2-4-11(5-3-10)17-8-13-14-12(16)7-18-13/h2-5,13H,6-8H2,1H3,(H,14,16). The van der Waals surface area contributed by atoms with Crippen molar-refractivity contribution in [2.24, 2.45) is 0 Å². The van der Waals surface area contributed by atoms with Crippen LogP contribution in [0.3, 0.4) is 0 Å². The van der Waals surface area contributed by atoms with Crippen LogP contribution in [0.2, 0.25) is 0 Å². The minimum absolute atomic E-state index is 0.0889. The van der Waals surface area contributed by atoms with Gasteiger partial charge in [-0.1, -0.05) is 12.1 Å². The number of hydrogen-bond acceptors (Lipinski definition) is 4. The Bertz CT molecular complexity index is 441. The fourth-order valence-corrected chi connectivity index (χ4v) is 1.69. The molecule has 1 aromatic carbocycles. The summed E-state index contributed by atoms with van der Waals surface area (Å²) < 4.78 is 10.6. The molecule has 0 radical (unpaired) electrons. The summed E-state index contributed by atoms with van der Waals surface area (Å²) in [6.07, 6.45) is 0.0524. The highest BCUT2D eigenvalue weighted by molar-refractivity contribution is 5.79. The third-order valence-electron chi connectivity index (χ3n) is 2.52. The van der Waals surface area contributed by atoms with Crippen molar-refractivity contribution in [2.75, 3.05) is 13.2 Å². The number of carbonyl (C=O) groups is 2. The number of nitrogens with one attached hydrogen (secondary N) is 1. The number of hydrogen-bond donors (Lipinski definition) is 1. The van der Waals surface area contributed by atoms with Gasteiger partial charge in [-0.3, -0.25) is 9.59 Å². The number of rotatable bonds is 5. The van der Waals surface area contributed by atoms with Crippen LogP contribution >= 0.6 is 0 Å². The van der Waals surface area contributed by atoms with E-state index < -0.39 is 0 Å². The largest absolute Gasteiger partial charge is 0.489 e. The van der Waals surface area contributed by atoms with Crippen molar-refractivity contribution >= 4 is 11.7 Å². The molecule has 1 amide bonds. The summed E-state index contributed by atoms with van der Waals surface area (Å²) in [6.45, 7) is 1.92. The maximum absolute atomic E-state index is 10.9. The van der Waals surface area contributed by atoms with E-state index in [-0.39, 0.29) is 31.1 Å². The first kappa shape index (κ1) is 12.6. The van der Waals surface area contributed by atoms with E-state index in [0.717, 1.165) is 5.56 Å². The van der Waals surface area contributed by atoms with Crippen molar-refractivity contribution in [2.45, 2.75) is 19.6 Å². The van der Waals surface area contributed by atoms with E-state index in [4.69, 9.17) is 9.47 Å². The van der Waals surface area contributed by atoms with Crippen molar-refractivity contribution in [3.05, 3.63) is 29.8 Å². The van der Waals surface area contributed by atoms with Crippen LogP contribution in [0.5, 0.6) is 5.75 Å². The summed E-state index contributed by atoms with van der Waals surface area (Å²) in [4.78, 5) is 21.8. The van der Waals surface area contributed by atoms with Gasteiger partial charge in [0, 0.05) is 6.42 Å². The van der Waals surface area contributed by atoms with Crippen LogP contribution in [-0.4, -0.2) is 31.1 Å². The number of Topliss-reactive ketones (excluding diaryl/α,β-unsaturated/α-hetero) is 1. The highest BCUT2D eigenvalue weighted by Gasteiger charge is 2.21. The van der Waals surface area contributed by atoms with Gasteiger partial charge in [0.1, 0.15) is 24.7 Å². The van der Waals surface area contributed by atoms with Crippen LogP contribution < -0.4 is 10.1 Å². The van der Waals surface area contributed by atoms with Crippen LogP contribution in [0.25, 0.3) is 0 Å². The quantitative estimate of drug-likeness (QED) is 0.833. The lowest BCUT2D eigenvalue weighted by molar-refractivity contribution is -0.119. The lowest BCUT2D eigenvalue weighted by Crippen LogP contribution is -2.31. The molecule has 1 atom stereocenters. The molecule has 5 nitrogen and oxygen atoms in total. The molecule has 2 rings (SSSR count). The molecule has 0 aliphatic carbocycles. The summed E-state index contributed by atoms with van der Waals surface area (Å²) in [5.74, 6) is 0.693. The molecule has 0 aromatic heterocycles. The summed E-state index contributed by atoms with van der Waals surface area (Å²) in [5, 5.41) is 2.63. The maximum atomic E-state index is 10.9. The van der Waals surface area contributed by atoms with Crippen molar-refractivity contribution in [3.8, 4) is 5.75 Å². The summed E-state index contributed by atoms with van der Waals surface area (Å²) in [5.41, 5.74) is 0.959.